The zero-order valence-corrected chi connectivity index (χ0v) is 12.3. The van der Waals surface area contributed by atoms with Gasteiger partial charge in [-0.1, -0.05) is 19.1 Å². The number of carbonyl (C=O) groups excluding carboxylic acids is 1. The van der Waals surface area contributed by atoms with Crippen LogP contribution in [0, 0.1) is 16.4 Å². The summed E-state index contributed by atoms with van der Waals surface area (Å²) in [4.78, 5) is 11.9. The first-order valence-electron chi connectivity index (χ1n) is 5.70. The molecule has 2 N–H and O–H groups in total. The Balaban J connectivity index is 2.61. The zero-order chi connectivity index (χ0) is 12.8. The van der Waals surface area contributed by atoms with Gasteiger partial charge in [-0.25, -0.2) is 0 Å². The molecule has 1 aromatic carbocycles. The van der Waals surface area contributed by atoms with E-state index in [2.05, 4.69) is 27.9 Å². The molecule has 0 bridgehead atoms. The van der Waals surface area contributed by atoms with Crippen molar-refractivity contribution in [3.05, 3.63) is 32.9 Å². The molecule has 4 heteroatoms. The summed E-state index contributed by atoms with van der Waals surface area (Å²) in [5, 5.41) is 11.7. The van der Waals surface area contributed by atoms with Crippen LogP contribution in [0.25, 0.3) is 0 Å². The van der Waals surface area contributed by atoms with Gasteiger partial charge in [0.2, 0.25) is 0 Å². The lowest BCUT2D eigenvalue weighted by Gasteiger charge is -2.12. The molecule has 3 nitrogen and oxygen atoms in total. The topological polar surface area (TPSA) is 49.3 Å². The monoisotopic (exact) mass is 347 g/mol. The Morgan fingerprint density at radius 1 is 1.53 bits per heavy atom. The summed E-state index contributed by atoms with van der Waals surface area (Å²) in [6, 6.07) is 5.72. The third kappa shape index (κ3) is 4.27. The number of amides is 1. The number of aliphatic hydroxyl groups is 1. The van der Waals surface area contributed by atoms with Crippen molar-refractivity contribution in [2.45, 2.75) is 20.3 Å². The molecule has 94 valence electrons. The Labute approximate surface area is 116 Å². The van der Waals surface area contributed by atoms with Crippen molar-refractivity contribution in [2.75, 3.05) is 13.2 Å². The van der Waals surface area contributed by atoms with E-state index < -0.39 is 0 Å². The van der Waals surface area contributed by atoms with Gasteiger partial charge in [0, 0.05) is 16.7 Å². The van der Waals surface area contributed by atoms with Crippen molar-refractivity contribution < 1.29 is 9.90 Å². The molecule has 0 aliphatic rings. The molecule has 0 spiro atoms. The Morgan fingerprint density at radius 2 is 2.24 bits per heavy atom. The minimum Gasteiger partial charge on any atom is -0.396 e. The quantitative estimate of drug-likeness (QED) is 0.804. The number of hydrogen-bond donors (Lipinski definition) is 2. The molecule has 1 atom stereocenters. The Hall–Kier alpha value is -0.620. The molecule has 0 fully saturated rings. The number of benzene rings is 1. The molecule has 0 unspecified atom stereocenters. The van der Waals surface area contributed by atoms with Gasteiger partial charge in [-0.2, -0.15) is 0 Å². The summed E-state index contributed by atoms with van der Waals surface area (Å²) in [6.07, 6.45) is 0.713. The van der Waals surface area contributed by atoms with E-state index in [4.69, 9.17) is 5.11 Å². The summed E-state index contributed by atoms with van der Waals surface area (Å²) in [7, 11) is 0. The number of aliphatic hydroxyl groups excluding tert-OH is 1. The van der Waals surface area contributed by atoms with Crippen LogP contribution in [-0.4, -0.2) is 24.2 Å². The number of halogens is 1. The second kappa shape index (κ2) is 6.96. The first kappa shape index (κ1) is 14.4. The fourth-order valence-electron chi connectivity index (χ4n) is 1.51. The van der Waals surface area contributed by atoms with Crippen molar-refractivity contribution in [3.63, 3.8) is 0 Å². The first-order chi connectivity index (χ1) is 8.06. The van der Waals surface area contributed by atoms with Crippen LogP contribution in [0.3, 0.4) is 0 Å². The lowest BCUT2D eigenvalue weighted by Crippen LogP contribution is -2.29. The average molecular weight is 347 g/mol. The average Bonchev–Trinajstić information content (AvgIpc) is 2.30. The van der Waals surface area contributed by atoms with Crippen LogP contribution in [0.5, 0.6) is 0 Å². The van der Waals surface area contributed by atoms with Crippen LogP contribution >= 0.6 is 22.6 Å². The standard InChI is InChI=1S/C13H18INO2/c1-9(6-7-16)8-15-13(17)11-5-3-4-10(2)12(11)14/h3-5,9,16H,6-8H2,1-2H3,(H,15,17)/t9-/m0/s1. The van der Waals surface area contributed by atoms with Crippen molar-refractivity contribution in [1.82, 2.24) is 5.32 Å². The highest BCUT2D eigenvalue weighted by atomic mass is 127. The molecule has 0 radical (unpaired) electrons. The molecular formula is C13H18INO2. The number of rotatable bonds is 5. The van der Waals surface area contributed by atoms with Crippen LogP contribution in [0.15, 0.2) is 18.2 Å². The van der Waals surface area contributed by atoms with Crippen LogP contribution in [0.1, 0.15) is 29.3 Å². The van der Waals surface area contributed by atoms with Gasteiger partial charge in [-0.3, -0.25) is 4.79 Å². The smallest absolute Gasteiger partial charge is 0.252 e. The molecule has 1 rings (SSSR count). The number of hydrogen-bond acceptors (Lipinski definition) is 2. The Morgan fingerprint density at radius 3 is 2.88 bits per heavy atom. The molecule has 0 saturated heterocycles. The minimum absolute atomic E-state index is 0.0390. The SMILES string of the molecule is Cc1cccc(C(=O)NC[C@@H](C)CCO)c1I. The summed E-state index contributed by atoms with van der Waals surface area (Å²) in [5.41, 5.74) is 1.84. The summed E-state index contributed by atoms with van der Waals surface area (Å²) in [5.74, 6) is 0.259. The number of aryl methyl sites for hydroxylation is 1. The lowest BCUT2D eigenvalue weighted by atomic mass is 10.1. The molecule has 1 amide bonds. The van der Waals surface area contributed by atoms with E-state index in [0.717, 1.165) is 14.7 Å². The molecule has 0 aromatic heterocycles. The van der Waals surface area contributed by atoms with Gasteiger partial charge in [-0.15, -0.1) is 0 Å². The van der Waals surface area contributed by atoms with Crippen molar-refractivity contribution in [2.24, 2.45) is 5.92 Å². The second-order valence-electron chi connectivity index (χ2n) is 4.26. The molecule has 17 heavy (non-hydrogen) atoms. The maximum Gasteiger partial charge on any atom is 0.252 e. The summed E-state index contributed by atoms with van der Waals surface area (Å²) in [6.45, 7) is 4.77. The van der Waals surface area contributed by atoms with Crippen molar-refractivity contribution in [1.29, 1.82) is 0 Å². The van der Waals surface area contributed by atoms with Crippen LogP contribution < -0.4 is 5.32 Å². The molecule has 0 saturated carbocycles. The molecule has 1 aromatic rings. The maximum atomic E-state index is 11.9. The number of nitrogens with one attached hydrogen (secondary N) is 1. The predicted molar refractivity (Wildman–Crippen MR) is 77.1 cm³/mol. The maximum absolute atomic E-state index is 11.9. The highest BCUT2D eigenvalue weighted by molar-refractivity contribution is 14.1. The van der Waals surface area contributed by atoms with Crippen molar-refractivity contribution >= 4 is 28.5 Å². The van der Waals surface area contributed by atoms with Gasteiger partial charge in [0.25, 0.3) is 5.91 Å². The van der Waals surface area contributed by atoms with Gasteiger partial charge in [-0.05, 0) is 53.5 Å². The van der Waals surface area contributed by atoms with E-state index in [9.17, 15) is 4.79 Å². The summed E-state index contributed by atoms with van der Waals surface area (Å²) < 4.78 is 0.998. The second-order valence-corrected chi connectivity index (χ2v) is 5.34. The van der Waals surface area contributed by atoms with E-state index >= 15 is 0 Å². The van der Waals surface area contributed by atoms with Crippen LogP contribution in [0.4, 0.5) is 0 Å². The van der Waals surface area contributed by atoms with Gasteiger partial charge >= 0.3 is 0 Å². The van der Waals surface area contributed by atoms with Gasteiger partial charge in [0.1, 0.15) is 0 Å². The number of carbonyl (C=O) groups is 1. The Kier molecular flexibility index (Phi) is 5.91. The van der Waals surface area contributed by atoms with Crippen LogP contribution in [-0.2, 0) is 0 Å². The predicted octanol–water partition coefficient (Wildman–Crippen LogP) is 2.35. The molecular weight excluding hydrogens is 329 g/mol. The highest BCUT2D eigenvalue weighted by Gasteiger charge is 2.11. The highest BCUT2D eigenvalue weighted by Crippen LogP contribution is 2.16. The van der Waals surface area contributed by atoms with Gasteiger partial charge in [0.05, 0.1) is 5.56 Å². The molecule has 0 heterocycles. The molecule has 0 aliphatic heterocycles. The minimum atomic E-state index is -0.0390. The first-order valence-corrected chi connectivity index (χ1v) is 6.78. The van der Waals surface area contributed by atoms with E-state index in [-0.39, 0.29) is 12.5 Å². The molecule has 0 aliphatic carbocycles. The van der Waals surface area contributed by atoms with E-state index in [0.29, 0.717) is 18.9 Å². The third-order valence-corrected chi connectivity index (χ3v) is 4.10. The fraction of sp³-hybridized carbons (Fsp3) is 0.462. The van der Waals surface area contributed by atoms with Crippen molar-refractivity contribution in [3.8, 4) is 0 Å². The normalized spacial score (nSPS) is 12.2. The van der Waals surface area contributed by atoms with Crippen LogP contribution in [0.2, 0.25) is 0 Å². The van der Waals surface area contributed by atoms with E-state index in [1.165, 1.54) is 0 Å². The van der Waals surface area contributed by atoms with Gasteiger partial charge in [0.15, 0.2) is 0 Å². The van der Waals surface area contributed by atoms with Gasteiger partial charge < -0.3 is 10.4 Å². The zero-order valence-electron chi connectivity index (χ0n) is 10.2. The largest absolute Gasteiger partial charge is 0.396 e. The lowest BCUT2D eigenvalue weighted by molar-refractivity contribution is 0.0944. The van der Waals surface area contributed by atoms with E-state index in [1.54, 1.807) is 0 Å². The Bertz CT molecular complexity index is 393. The van der Waals surface area contributed by atoms with E-state index in [1.807, 2.05) is 32.0 Å². The fourth-order valence-corrected chi connectivity index (χ4v) is 2.11. The summed E-state index contributed by atoms with van der Waals surface area (Å²) >= 11 is 2.19. The third-order valence-electron chi connectivity index (χ3n) is 2.67.